The molecule has 0 aliphatic rings. The molecule has 1 N–H and O–H groups in total. The van der Waals surface area contributed by atoms with Gasteiger partial charge in [0.05, 0.1) is 12.1 Å². The standard InChI is InChI=1S/C16H13Cl2N3O2/c1-20(23)16(22)15-12-4-2-3-5-14(12)21(19-15)9-10-6-7-11(17)8-13(10)18/h2-8,23H,9H2,1H3. The lowest BCUT2D eigenvalue weighted by Crippen LogP contribution is -2.23. The van der Waals surface area contributed by atoms with Crippen molar-refractivity contribution in [3.8, 4) is 0 Å². The first-order valence-corrected chi connectivity index (χ1v) is 7.59. The quantitative estimate of drug-likeness (QED) is 0.577. The van der Waals surface area contributed by atoms with Gasteiger partial charge in [0.25, 0.3) is 5.91 Å². The Morgan fingerprint density at radius 1 is 1.26 bits per heavy atom. The number of hydrogen-bond donors (Lipinski definition) is 1. The van der Waals surface area contributed by atoms with E-state index in [1.807, 2.05) is 24.3 Å². The number of fused-ring (bicyclic) bond motifs is 1. The molecule has 0 fully saturated rings. The third-order valence-electron chi connectivity index (χ3n) is 3.49. The van der Waals surface area contributed by atoms with Gasteiger partial charge in [-0.15, -0.1) is 0 Å². The lowest BCUT2D eigenvalue weighted by molar-refractivity contribution is -0.0378. The van der Waals surface area contributed by atoms with Crippen molar-refractivity contribution in [1.82, 2.24) is 14.8 Å². The molecule has 1 aromatic heterocycles. The van der Waals surface area contributed by atoms with E-state index in [-0.39, 0.29) is 5.69 Å². The summed E-state index contributed by atoms with van der Waals surface area (Å²) in [6.45, 7) is 0.388. The van der Waals surface area contributed by atoms with Crippen LogP contribution in [0.1, 0.15) is 16.1 Å². The number of nitrogens with zero attached hydrogens (tertiary/aromatic N) is 3. The Labute approximate surface area is 142 Å². The number of hydroxylamine groups is 2. The van der Waals surface area contributed by atoms with E-state index in [2.05, 4.69) is 5.10 Å². The summed E-state index contributed by atoms with van der Waals surface area (Å²) in [6.07, 6.45) is 0. The van der Waals surface area contributed by atoms with Crippen LogP contribution in [0.25, 0.3) is 10.9 Å². The number of halogens is 2. The van der Waals surface area contributed by atoms with Crippen LogP contribution in [0.2, 0.25) is 10.0 Å². The number of hydrogen-bond acceptors (Lipinski definition) is 3. The van der Waals surface area contributed by atoms with Crippen LogP contribution in [0.4, 0.5) is 0 Å². The molecule has 7 heteroatoms. The molecule has 2 aromatic carbocycles. The summed E-state index contributed by atoms with van der Waals surface area (Å²) in [4.78, 5) is 12.1. The Bertz CT molecular complexity index is 890. The van der Waals surface area contributed by atoms with E-state index in [0.717, 1.165) is 11.1 Å². The van der Waals surface area contributed by atoms with Crippen molar-refractivity contribution in [2.75, 3.05) is 7.05 Å². The fourth-order valence-electron chi connectivity index (χ4n) is 2.37. The minimum atomic E-state index is -0.567. The highest BCUT2D eigenvalue weighted by atomic mass is 35.5. The van der Waals surface area contributed by atoms with Crippen molar-refractivity contribution in [1.29, 1.82) is 0 Å². The van der Waals surface area contributed by atoms with Crippen molar-refractivity contribution in [3.05, 3.63) is 63.8 Å². The van der Waals surface area contributed by atoms with Gasteiger partial charge in [-0.2, -0.15) is 5.10 Å². The molecule has 0 aliphatic heterocycles. The monoisotopic (exact) mass is 349 g/mol. The SMILES string of the molecule is CN(O)C(=O)c1nn(Cc2ccc(Cl)cc2Cl)c2ccccc12. The molecule has 0 radical (unpaired) electrons. The third-order valence-corrected chi connectivity index (χ3v) is 4.08. The maximum atomic E-state index is 12.1. The Balaban J connectivity index is 2.09. The van der Waals surface area contributed by atoms with Gasteiger partial charge in [0.2, 0.25) is 0 Å². The fraction of sp³-hybridized carbons (Fsp3) is 0.125. The fourth-order valence-corrected chi connectivity index (χ4v) is 2.84. The van der Waals surface area contributed by atoms with Crippen molar-refractivity contribution in [2.24, 2.45) is 0 Å². The van der Waals surface area contributed by atoms with Crippen molar-refractivity contribution in [3.63, 3.8) is 0 Å². The predicted octanol–water partition coefficient (Wildman–Crippen LogP) is 3.85. The maximum Gasteiger partial charge on any atom is 0.298 e. The average molecular weight is 350 g/mol. The van der Waals surface area contributed by atoms with E-state index in [0.29, 0.717) is 27.0 Å². The number of carbonyl (C=O) groups is 1. The second kappa shape index (κ2) is 6.20. The largest absolute Gasteiger partial charge is 0.298 e. The highest BCUT2D eigenvalue weighted by Gasteiger charge is 2.19. The van der Waals surface area contributed by atoms with Gasteiger partial charge in [-0.1, -0.05) is 47.5 Å². The van der Waals surface area contributed by atoms with Gasteiger partial charge in [0.1, 0.15) is 0 Å². The lowest BCUT2D eigenvalue weighted by Gasteiger charge is -2.07. The van der Waals surface area contributed by atoms with Crippen LogP contribution in [0.3, 0.4) is 0 Å². The van der Waals surface area contributed by atoms with E-state index < -0.39 is 5.91 Å². The molecule has 3 rings (SSSR count). The Kier molecular flexibility index (Phi) is 4.26. The third kappa shape index (κ3) is 3.03. The summed E-state index contributed by atoms with van der Waals surface area (Å²) in [7, 11) is 1.27. The second-order valence-electron chi connectivity index (χ2n) is 5.09. The average Bonchev–Trinajstić information content (AvgIpc) is 2.88. The van der Waals surface area contributed by atoms with Crippen molar-refractivity contribution >= 4 is 40.0 Å². The molecule has 0 spiro atoms. The molecule has 0 aliphatic carbocycles. The molecule has 1 amide bonds. The van der Waals surface area contributed by atoms with Gasteiger partial charge in [0, 0.05) is 22.5 Å². The first-order chi connectivity index (χ1) is 11.0. The topological polar surface area (TPSA) is 58.4 Å². The van der Waals surface area contributed by atoms with Gasteiger partial charge in [-0.25, -0.2) is 5.06 Å². The normalized spacial score (nSPS) is 11.0. The second-order valence-corrected chi connectivity index (χ2v) is 5.93. The highest BCUT2D eigenvalue weighted by molar-refractivity contribution is 6.35. The van der Waals surface area contributed by atoms with Crippen LogP contribution < -0.4 is 0 Å². The van der Waals surface area contributed by atoms with Gasteiger partial charge in [-0.05, 0) is 23.8 Å². The van der Waals surface area contributed by atoms with Crippen LogP contribution in [-0.2, 0) is 6.54 Å². The molecule has 1 heterocycles. The predicted molar refractivity (Wildman–Crippen MR) is 89.2 cm³/mol. The van der Waals surface area contributed by atoms with Crippen LogP contribution >= 0.6 is 23.2 Å². The molecule has 118 valence electrons. The number of rotatable bonds is 3. The number of aromatic nitrogens is 2. The summed E-state index contributed by atoms with van der Waals surface area (Å²) in [5.41, 5.74) is 1.81. The van der Waals surface area contributed by atoms with E-state index in [9.17, 15) is 10.0 Å². The molecule has 0 unspecified atom stereocenters. The number of amides is 1. The zero-order valence-corrected chi connectivity index (χ0v) is 13.7. The summed E-state index contributed by atoms with van der Waals surface area (Å²) < 4.78 is 1.68. The molecule has 0 saturated carbocycles. The highest BCUT2D eigenvalue weighted by Crippen LogP contribution is 2.25. The van der Waals surface area contributed by atoms with E-state index in [1.54, 1.807) is 22.9 Å². The zero-order valence-electron chi connectivity index (χ0n) is 12.2. The molecule has 5 nitrogen and oxygen atoms in total. The lowest BCUT2D eigenvalue weighted by atomic mass is 10.2. The molecule has 0 saturated heterocycles. The van der Waals surface area contributed by atoms with Crippen molar-refractivity contribution in [2.45, 2.75) is 6.54 Å². The zero-order chi connectivity index (χ0) is 16.6. The number of benzene rings is 2. The minimum absolute atomic E-state index is 0.190. The molecule has 0 bridgehead atoms. The van der Waals surface area contributed by atoms with Gasteiger partial charge >= 0.3 is 0 Å². The van der Waals surface area contributed by atoms with Gasteiger partial charge in [0.15, 0.2) is 5.69 Å². The Morgan fingerprint density at radius 2 is 2.00 bits per heavy atom. The summed E-state index contributed by atoms with van der Waals surface area (Å²) in [6, 6.07) is 12.6. The van der Waals surface area contributed by atoms with Crippen LogP contribution in [0.5, 0.6) is 0 Å². The van der Waals surface area contributed by atoms with Gasteiger partial charge < -0.3 is 0 Å². The molecule has 23 heavy (non-hydrogen) atoms. The smallest absolute Gasteiger partial charge is 0.286 e. The van der Waals surface area contributed by atoms with E-state index in [4.69, 9.17) is 23.2 Å². The minimum Gasteiger partial charge on any atom is -0.286 e. The first kappa shape index (κ1) is 15.8. The van der Waals surface area contributed by atoms with Crippen LogP contribution in [0.15, 0.2) is 42.5 Å². The summed E-state index contributed by atoms with van der Waals surface area (Å²) in [5, 5.41) is 16.0. The van der Waals surface area contributed by atoms with Gasteiger partial charge in [-0.3, -0.25) is 14.7 Å². The molecule has 0 atom stereocenters. The van der Waals surface area contributed by atoms with E-state index >= 15 is 0 Å². The summed E-state index contributed by atoms with van der Waals surface area (Å²) in [5.74, 6) is -0.567. The number of para-hydroxylation sites is 1. The van der Waals surface area contributed by atoms with E-state index in [1.165, 1.54) is 7.05 Å². The Hall–Kier alpha value is -2.08. The van der Waals surface area contributed by atoms with Crippen LogP contribution in [-0.4, -0.2) is 33.0 Å². The van der Waals surface area contributed by atoms with Crippen LogP contribution in [0, 0.1) is 0 Å². The summed E-state index contributed by atoms with van der Waals surface area (Å²) >= 11 is 12.1. The molecule has 3 aromatic rings. The Morgan fingerprint density at radius 3 is 2.70 bits per heavy atom. The maximum absolute atomic E-state index is 12.1. The first-order valence-electron chi connectivity index (χ1n) is 6.84. The molecular weight excluding hydrogens is 337 g/mol. The number of carbonyl (C=O) groups excluding carboxylic acids is 1. The molecular formula is C16H13Cl2N3O2. The van der Waals surface area contributed by atoms with Crippen molar-refractivity contribution < 1.29 is 10.0 Å².